The lowest BCUT2D eigenvalue weighted by Crippen LogP contribution is -2.17. The number of hydrogen-bond acceptors (Lipinski definition) is 4. The minimum atomic E-state index is -4.09. The summed E-state index contributed by atoms with van der Waals surface area (Å²) in [5.74, 6) is -1.11. The van der Waals surface area contributed by atoms with Crippen LogP contribution in [-0.2, 0) is 19.6 Å². The maximum atomic E-state index is 11.5. The van der Waals surface area contributed by atoms with Crippen molar-refractivity contribution in [2.75, 3.05) is 12.4 Å². The van der Waals surface area contributed by atoms with E-state index in [1.165, 1.54) is 0 Å². The molecule has 0 bridgehead atoms. The number of ether oxygens (including phenoxy) is 1. The van der Waals surface area contributed by atoms with Gasteiger partial charge in [0.1, 0.15) is 16.3 Å². The van der Waals surface area contributed by atoms with Gasteiger partial charge in [-0.15, -0.1) is 0 Å². The van der Waals surface area contributed by atoms with E-state index in [1.807, 2.05) is 28.7 Å². The van der Waals surface area contributed by atoms with E-state index in [9.17, 15) is 13.2 Å². The van der Waals surface area contributed by atoms with E-state index in [0.717, 1.165) is 5.56 Å². The van der Waals surface area contributed by atoms with E-state index in [4.69, 9.17) is 9.29 Å². The van der Waals surface area contributed by atoms with E-state index >= 15 is 0 Å². The fourth-order valence-electron chi connectivity index (χ4n) is 1.08. The second-order valence-electron chi connectivity index (χ2n) is 3.23. The van der Waals surface area contributed by atoms with Gasteiger partial charge in [0.25, 0.3) is 10.1 Å². The van der Waals surface area contributed by atoms with Crippen LogP contribution in [0.2, 0.25) is 0 Å². The van der Waals surface area contributed by atoms with Gasteiger partial charge in [-0.1, -0.05) is 52.9 Å². The Bertz CT molecular complexity index is 471. The Morgan fingerprint density at radius 2 is 1.94 bits per heavy atom. The second-order valence-corrected chi connectivity index (χ2v) is 6.04. The van der Waals surface area contributed by atoms with Crippen molar-refractivity contribution in [1.82, 2.24) is 0 Å². The van der Waals surface area contributed by atoms with E-state index in [-0.39, 0.29) is 6.61 Å². The first-order valence-electron chi connectivity index (χ1n) is 4.71. The summed E-state index contributed by atoms with van der Waals surface area (Å²) in [6.45, 7) is -0.343. The van der Waals surface area contributed by atoms with E-state index in [1.54, 1.807) is 24.3 Å². The Morgan fingerprint density at radius 1 is 1.35 bits per heavy atom. The summed E-state index contributed by atoms with van der Waals surface area (Å²) in [5.41, 5.74) is 0.782. The summed E-state index contributed by atoms with van der Waals surface area (Å²) in [6.07, 6.45) is 0. The average molecular weight is 370 g/mol. The van der Waals surface area contributed by atoms with Crippen LogP contribution in [0.1, 0.15) is 9.49 Å². The lowest BCUT2D eigenvalue weighted by Gasteiger charge is -2.09. The fraction of sp³-hybridized carbons (Fsp3) is 0.300. The van der Waals surface area contributed by atoms with Crippen LogP contribution in [0.4, 0.5) is 0 Å². The molecule has 17 heavy (non-hydrogen) atoms. The number of alkyl halides is 1. The van der Waals surface area contributed by atoms with Crippen molar-refractivity contribution in [2.45, 2.75) is 3.92 Å². The molecule has 0 fully saturated rings. The van der Waals surface area contributed by atoms with Crippen molar-refractivity contribution in [2.24, 2.45) is 0 Å². The predicted molar refractivity (Wildman–Crippen MR) is 70.6 cm³/mol. The van der Waals surface area contributed by atoms with E-state index < -0.39 is 25.8 Å². The molecule has 0 aliphatic rings. The molecule has 7 heteroatoms. The van der Waals surface area contributed by atoms with Crippen molar-refractivity contribution >= 4 is 38.7 Å². The summed E-state index contributed by atoms with van der Waals surface area (Å²) in [6, 6.07) is 8.98. The molecule has 0 saturated carbocycles. The number of esters is 1. The summed E-state index contributed by atoms with van der Waals surface area (Å²) in [4.78, 5) is 11.5. The summed E-state index contributed by atoms with van der Waals surface area (Å²) in [5, 5.41) is 0. The monoisotopic (exact) mass is 370 g/mol. The van der Waals surface area contributed by atoms with Gasteiger partial charge in [0, 0.05) is 0 Å². The lowest BCUT2D eigenvalue weighted by molar-refractivity contribution is -0.142. The van der Waals surface area contributed by atoms with Gasteiger partial charge in [-0.2, -0.15) is 8.42 Å². The average Bonchev–Trinajstić information content (AvgIpc) is 2.27. The Morgan fingerprint density at radius 3 is 2.47 bits per heavy atom. The molecule has 1 rings (SSSR count). The highest BCUT2D eigenvalue weighted by Crippen LogP contribution is 2.24. The topological polar surface area (TPSA) is 80.7 Å². The van der Waals surface area contributed by atoms with Crippen LogP contribution in [0.5, 0.6) is 0 Å². The minimum absolute atomic E-state index is 0.343. The van der Waals surface area contributed by atoms with Gasteiger partial charge in [-0.3, -0.25) is 9.35 Å². The molecule has 1 unspecified atom stereocenters. The predicted octanol–water partition coefficient (Wildman–Crippen LogP) is 1.59. The zero-order valence-corrected chi connectivity index (χ0v) is 11.7. The molecule has 0 aliphatic carbocycles. The third-order valence-corrected chi connectivity index (χ3v) is 3.80. The molecule has 0 radical (unpaired) electrons. The smallest absolute Gasteiger partial charge is 0.323 e. The maximum Gasteiger partial charge on any atom is 0.323 e. The molecule has 0 amide bonds. The number of hydrogen-bond donors (Lipinski definition) is 1. The number of benzene rings is 1. The van der Waals surface area contributed by atoms with Gasteiger partial charge in [0.2, 0.25) is 0 Å². The van der Waals surface area contributed by atoms with Crippen molar-refractivity contribution in [3.8, 4) is 0 Å². The lowest BCUT2D eigenvalue weighted by atomic mass is 10.2. The first-order valence-corrected chi connectivity index (χ1v) is 7.56. The Kier molecular flexibility index (Phi) is 5.34. The van der Waals surface area contributed by atoms with Crippen LogP contribution >= 0.6 is 22.6 Å². The highest BCUT2D eigenvalue weighted by molar-refractivity contribution is 14.1. The Labute approximate surface area is 113 Å². The molecule has 94 valence electrons. The number of rotatable bonds is 5. The SMILES string of the molecule is O=C(OCCS(=O)(=O)O)C(I)c1ccccc1. The molecular weight excluding hydrogens is 359 g/mol. The van der Waals surface area contributed by atoms with Gasteiger partial charge < -0.3 is 4.74 Å². The third kappa shape index (κ3) is 5.46. The van der Waals surface area contributed by atoms with Gasteiger partial charge in [0.05, 0.1) is 0 Å². The molecule has 1 N–H and O–H groups in total. The van der Waals surface area contributed by atoms with Crippen LogP contribution in [-0.4, -0.2) is 31.3 Å². The van der Waals surface area contributed by atoms with Crippen LogP contribution in [0, 0.1) is 0 Å². The largest absolute Gasteiger partial charge is 0.463 e. The summed E-state index contributed by atoms with van der Waals surface area (Å²) in [7, 11) is -4.09. The fourth-order valence-corrected chi connectivity index (χ4v) is 1.97. The molecule has 0 spiro atoms. The van der Waals surface area contributed by atoms with Crippen LogP contribution in [0.15, 0.2) is 30.3 Å². The van der Waals surface area contributed by atoms with Crippen molar-refractivity contribution < 1.29 is 22.5 Å². The standard InChI is InChI=1S/C10H11IO5S/c11-9(8-4-2-1-3-5-8)10(12)16-6-7-17(13,14)15/h1-5,9H,6-7H2,(H,13,14,15). The highest BCUT2D eigenvalue weighted by atomic mass is 127. The zero-order chi connectivity index (χ0) is 12.9. The third-order valence-electron chi connectivity index (χ3n) is 1.88. The minimum Gasteiger partial charge on any atom is -0.463 e. The van der Waals surface area contributed by atoms with E-state index in [2.05, 4.69) is 0 Å². The van der Waals surface area contributed by atoms with Crippen LogP contribution in [0.25, 0.3) is 0 Å². The maximum absolute atomic E-state index is 11.5. The highest BCUT2D eigenvalue weighted by Gasteiger charge is 2.18. The second kappa shape index (κ2) is 6.31. The van der Waals surface area contributed by atoms with Crippen molar-refractivity contribution in [3.05, 3.63) is 35.9 Å². The van der Waals surface area contributed by atoms with Gasteiger partial charge in [-0.05, 0) is 5.56 Å². The molecule has 0 saturated heterocycles. The van der Waals surface area contributed by atoms with Crippen LogP contribution < -0.4 is 0 Å². The van der Waals surface area contributed by atoms with Gasteiger partial charge in [0.15, 0.2) is 0 Å². The molecule has 5 nitrogen and oxygen atoms in total. The first kappa shape index (κ1) is 14.4. The number of carbonyl (C=O) groups is 1. The number of carbonyl (C=O) groups excluding carboxylic acids is 1. The molecule has 0 heterocycles. The first-order chi connectivity index (χ1) is 7.90. The van der Waals surface area contributed by atoms with E-state index in [0.29, 0.717) is 0 Å². The van der Waals surface area contributed by atoms with Gasteiger partial charge in [-0.25, -0.2) is 0 Å². The Balaban J connectivity index is 2.49. The molecule has 1 aromatic rings. The zero-order valence-electron chi connectivity index (χ0n) is 8.74. The quantitative estimate of drug-likeness (QED) is 0.369. The summed E-state index contributed by atoms with van der Waals surface area (Å²) < 4.78 is 33.6. The molecule has 1 aromatic carbocycles. The summed E-state index contributed by atoms with van der Waals surface area (Å²) >= 11 is 1.91. The molecule has 0 aromatic heterocycles. The molecule has 1 atom stereocenters. The van der Waals surface area contributed by atoms with Gasteiger partial charge >= 0.3 is 5.97 Å². The Hall–Kier alpha value is -0.670. The molecular formula is C10H11IO5S. The van der Waals surface area contributed by atoms with Crippen molar-refractivity contribution in [1.29, 1.82) is 0 Å². The number of halogens is 1. The normalized spacial score (nSPS) is 13.1. The van der Waals surface area contributed by atoms with Crippen molar-refractivity contribution in [3.63, 3.8) is 0 Å². The molecule has 0 aliphatic heterocycles. The van der Waals surface area contributed by atoms with Crippen LogP contribution in [0.3, 0.4) is 0 Å².